The third kappa shape index (κ3) is 5.71. The monoisotopic (exact) mass is 267 g/mol. The number of carbonyl (C=O) groups excluding carboxylic acids is 1. The predicted octanol–water partition coefficient (Wildman–Crippen LogP) is 2.60. The van der Waals surface area contributed by atoms with E-state index in [4.69, 9.17) is 4.74 Å². The molecule has 3 nitrogen and oxygen atoms in total. The average molecular weight is 267 g/mol. The van der Waals surface area contributed by atoms with Crippen molar-refractivity contribution in [3.05, 3.63) is 0 Å². The minimum atomic E-state index is -4.09. The van der Waals surface area contributed by atoms with Gasteiger partial charge >= 0.3 is 12.1 Å². The number of hydrogen-bond acceptors (Lipinski definition) is 3. The van der Waals surface area contributed by atoms with Crippen molar-refractivity contribution in [2.75, 3.05) is 26.2 Å². The van der Waals surface area contributed by atoms with Crippen LogP contribution in [0, 0.1) is 5.92 Å². The van der Waals surface area contributed by atoms with E-state index in [9.17, 15) is 18.0 Å². The summed E-state index contributed by atoms with van der Waals surface area (Å²) < 4.78 is 41.0. The molecule has 0 aliphatic carbocycles. The number of alkyl halides is 3. The lowest BCUT2D eigenvalue weighted by Crippen LogP contribution is -2.40. The van der Waals surface area contributed by atoms with E-state index in [0.717, 1.165) is 19.4 Å². The van der Waals surface area contributed by atoms with Crippen LogP contribution in [0.15, 0.2) is 0 Å². The lowest BCUT2D eigenvalue weighted by atomic mass is 9.98. The van der Waals surface area contributed by atoms with Crippen LogP contribution in [0.1, 0.15) is 32.6 Å². The second-order valence-corrected chi connectivity index (χ2v) is 4.61. The Hall–Kier alpha value is -0.780. The lowest BCUT2D eigenvalue weighted by molar-refractivity contribution is -0.150. The van der Waals surface area contributed by atoms with E-state index in [1.54, 1.807) is 6.92 Å². The van der Waals surface area contributed by atoms with Gasteiger partial charge in [0, 0.05) is 13.0 Å². The van der Waals surface area contributed by atoms with E-state index >= 15 is 0 Å². The summed E-state index contributed by atoms with van der Waals surface area (Å²) in [6.07, 6.45) is -3.13. The zero-order valence-electron chi connectivity index (χ0n) is 10.6. The van der Waals surface area contributed by atoms with E-state index in [0.29, 0.717) is 19.7 Å². The number of nitrogens with zero attached hydrogens (tertiary/aromatic N) is 1. The van der Waals surface area contributed by atoms with Gasteiger partial charge in [0.05, 0.1) is 12.5 Å². The topological polar surface area (TPSA) is 29.5 Å². The molecule has 1 saturated heterocycles. The van der Waals surface area contributed by atoms with Gasteiger partial charge in [-0.2, -0.15) is 13.2 Å². The van der Waals surface area contributed by atoms with Gasteiger partial charge in [0.1, 0.15) is 0 Å². The van der Waals surface area contributed by atoms with Crippen molar-refractivity contribution in [3.8, 4) is 0 Å². The number of esters is 1. The molecule has 0 bridgehead atoms. The van der Waals surface area contributed by atoms with Crippen molar-refractivity contribution >= 4 is 5.97 Å². The van der Waals surface area contributed by atoms with E-state index < -0.39 is 12.6 Å². The fraction of sp³-hybridized carbons (Fsp3) is 0.917. The highest BCUT2D eigenvalue weighted by Crippen LogP contribution is 2.23. The molecule has 1 atom stereocenters. The highest BCUT2D eigenvalue weighted by Gasteiger charge is 2.29. The number of carbonyl (C=O) groups is 1. The summed E-state index contributed by atoms with van der Waals surface area (Å²) in [4.78, 5) is 13.5. The van der Waals surface area contributed by atoms with Gasteiger partial charge in [-0.1, -0.05) is 0 Å². The quantitative estimate of drug-likeness (QED) is 0.717. The van der Waals surface area contributed by atoms with Gasteiger partial charge in [0.2, 0.25) is 0 Å². The number of hydrogen-bond donors (Lipinski definition) is 0. The molecule has 106 valence electrons. The molecule has 1 fully saturated rings. The van der Waals surface area contributed by atoms with Crippen LogP contribution in [0.2, 0.25) is 0 Å². The molecule has 0 aromatic rings. The Morgan fingerprint density at radius 2 is 2.17 bits per heavy atom. The Morgan fingerprint density at radius 3 is 2.78 bits per heavy atom. The zero-order chi connectivity index (χ0) is 13.6. The maximum absolute atomic E-state index is 12.0. The molecule has 1 rings (SSSR count). The SMILES string of the molecule is CCOC(=O)C1CCCN(CCCC(F)(F)F)C1. The average Bonchev–Trinajstić information content (AvgIpc) is 2.28. The van der Waals surface area contributed by atoms with Crippen LogP contribution in [0.4, 0.5) is 13.2 Å². The maximum atomic E-state index is 12.0. The smallest absolute Gasteiger partial charge is 0.389 e. The summed E-state index contributed by atoms with van der Waals surface area (Å²) in [6, 6.07) is 0. The lowest BCUT2D eigenvalue weighted by Gasteiger charge is -2.31. The third-order valence-corrected chi connectivity index (χ3v) is 3.06. The number of halogens is 3. The van der Waals surface area contributed by atoms with Gasteiger partial charge in [-0.25, -0.2) is 0 Å². The van der Waals surface area contributed by atoms with Gasteiger partial charge in [0.15, 0.2) is 0 Å². The standard InChI is InChI=1S/C12H20F3NO2/c1-2-18-11(17)10-5-3-7-16(9-10)8-4-6-12(13,14)15/h10H,2-9H2,1H3. The Kier molecular flexibility index (Phi) is 5.91. The van der Waals surface area contributed by atoms with Crippen molar-refractivity contribution in [1.29, 1.82) is 0 Å². The van der Waals surface area contributed by atoms with Crippen LogP contribution in [0.25, 0.3) is 0 Å². The minimum absolute atomic E-state index is 0.0963. The fourth-order valence-corrected chi connectivity index (χ4v) is 2.21. The first-order valence-corrected chi connectivity index (χ1v) is 6.38. The first kappa shape index (κ1) is 15.3. The molecular formula is C12H20F3NO2. The first-order valence-electron chi connectivity index (χ1n) is 6.38. The van der Waals surface area contributed by atoms with Crippen molar-refractivity contribution in [2.24, 2.45) is 5.92 Å². The Morgan fingerprint density at radius 1 is 1.44 bits per heavy atom. The molecule has 1 aliphatic heterocycles. The molecule has 0 spiro atoms. The predicted molar refractivity (Wildman–Crippen MR) is 61.1 cm³/mol. The molecule has 1 aliphatic rings. The van der Waals surface area contributed by atoms with Gasteiger partial charge in [0.25, 0.3) is 0 Å². The number of likely N-dealkylation sites (tertiary alicyclic amines) is 1. The Bertz CT molecular complexity index is 269. The second-order valence-electron chi connectivity index (χ2n) is 4.61. The number of piperidine rings is 1. The van der Waals surface area contributed by atoms with Crippen LogP contribution in [0.3, 0.4) is 0 Å². The molecule has 6 heteroatoms. The molecule has 0 aromatic carbocycles. The zero-order valence-corrected chi connectivity index (χ0v) is 10.6. The molecule has 1 heterocycles. The van der Waals surface area contributed by atoms with Crippen molar-refractivity contribution in [2.45, 2.75) is 38.8 Å². The van der Waals surface area contributed by atoms with Gasteiger partial charge in [-0.15, -0.1) is 0 Å². The molecule has 18 heavy (non-hydrogen) atoms. The van der Waals surface area contributed by atoms with Crippen molar-refractivity contribution in [1.82, 2.24) is 4.90 Å². The first-order chi connectivity index (χ1) is 8.42. The van der Waals surface area contributed by atoms with Gasteiger partial charge < -0.3 is 9.64 Å². The summed E-state index contributed by atoms with van der Waals surface area (Å²) in [6.45, 7) is 3.80. The van der Waals surface area contributed by atoms with Gasteiger partial charge in [-0.3, -0.25) is 4.79 Å². The summed E-state index contributed by atoms with van der Waals surface area (Å²) in [5, 5.41) is 0. The second kappa shape index (κ2) is 6.97. The van der Waals surface area contributed by atoms with Crippen molar-refractivity contribution < 1.29 is 22.7 Å². The summed E-state index contributed by atoms with van der Waals surface area (Å²) >= 11 is 0. The van der Waals surface area contributed by atoms with Crippen LogP contribution in [-0.4, -0.2) is 43.3 Å². The molecule has 0 radical (unpaired) electrons. The van der Waals surface area contributed by atoms with Gasteiger partial charge in [-0.05, 0) is 39.3 Å². The minimum Gasteiger partial charge on any atom is -0.466 e. The number of ether oxygens (including phenoxy) is 1. The van der Waals surface area contributed by atoms with E-state index in [2.05, 4.69) is 0 Å². The van der Waals surface area contributed by atoms with Crippen LogP contribution >= 0.6 is 0 Å². The van der Waals surface area contributed by atoms with Crippen LogP contribution in [0.5, 0.6) is 0 Å². The van der Waals surface area contributed by atoms with Crippen LogP contribution < -0.4 is 0 Å². The number of rotatable bonds is 5. The summed E-state index contributed by atoms with van der Waals surface area (Å²) in [5.74, 6) is -0.400. The van der Waals surface area contributed by atoms with E-state index in [-0.39, 0.29) is 18.3 Å². The van der Waals surface area contributed by atoms with Crippen molar-refractivity contribution in [3.63, 3.8) is 0 Å². The molecule has 1 unspecified atom stereocenters. The molecule has 0 aromatic heterocycles. The van der Waals surface area contributed by atoms with Crippen LogP contribution in [-0.2, 0) is 9.53 Å². The maximum Gasteiger partial charge on any atom is 0.389 e. The molecule has 0 amide bonds. The Labute approximate surface area is 105 Å². The highest BCUT2D eigenvalue weighted by atomic mass is 19.4. The molecule has 0 saturated carbocycles. The summed E-state index contributed by atoms with van der Waals surface area (Å²) in [7, 11) is 0. The van der Waals surface area contributed by atoms with E-state index in [1.807, 2.05) is 4.90 Å². The third-order valence-electron chi connectivity index (χ3n) is 3.06. The fourth-order valence-electron chi connectivity index (χ4n) is 2.21. The normalized spacial score (nSPS) is 21.9. The largest absolute Gasteiger partial charge is 0.466 e. The van der Waals surface area contributed by atoms with E-state index in [1.165, 1.54) is 0 Å². The Balaban J connectivity index is 2.28. The molecular weight excluding hydrogens is 247 g/mol. The molecule has 0 N–H and O–H groups in total. The summed E-state index contributed by atoms with van der Waals surface area (Å²) in [5.41, 5.74) is 0. The highest BCUT2D eigenvalue weighted by molar-refractivity contribution is 5.72.